The molecule has 1 aromatic heterocycles. The van der Waals surface area contributed by atoms with E-state index in [0.29, 0.717) is 28.2 Å². The van der Waals surface area contributed by atoms with Crippen LogP contribution in [-0.4, -0.2) is 27.1 Å². The molecule has 0 fully saturated rings. The maximum absolute atomic E-state index is 6.14. The van der Waals surface area contributed by atoms with Gasteiger partial charge in [0.2, 0.25) is 0 Å². The first-order valence-electron chi connectivity index (χ1n) is 8.99. The molecular formula is C22H17Cl2N3OS. The number of rotatable bonds is 7. The molecule has 0 atom stereocenters. The summed E-state index contributed by atoms with van der Waals surface area (Å²) in [7, 11) is 0. The molecule has 0 amide bonds. The molecule has 1 heterocycles. The number of thioether (sulfide) groups is 1. The number of para-hydroxylation sites is 2. The predicted octanol–water partition coefficient (Wildman–Crippen LogP) is 6.41. The summed E-state index contributed by atoms with van der Waals surface area (Å²) in [6, 6.07) is 25.1. The predicted molar refractivity (Wildman–Crippen MR) is 119 cm³/mol. The number of aromatic nitrogens is 3. The number of hydrogen-bond donors (Lipinski definition) is 0. The van der Waals surface area contributed by atoms with Gasteiger partial charge in [0.1, 0.15) is 5.75 Å². The number of hydrogen-bond acceptors (Lipinski definition) is 4. The molecule has 0 bridgehead atoms. The van der Waals surface area contributed by atoms with Gasteiger partial charge < -0.3 is 4.74 Å². The fraction of sp³-hybridized carbons (Fsp3) is 0.0909. The van der Waals surface area contributed by atoms with Crippen LogP contribution < -0.4 is 4.74 Å². The second kappa shape index (κ2) is 9.35. The van der Waals surface area contributed by atoms with Crippen LogP contribution in [0, 0.1) is 0 Å². The van der Waals surface area contributed by atoms with Gasteiger partial charge in [0.25, 0.3) is 0 Å². The van der Waals surface area contributed by atoms with E-state index >= 15 is 0 Å². The lowest BCUT2D eigenvalue weighted by atomic mass is 10.2. The summed E-state index contributed by atoms with van der Waals surface area (Å²) in [5.41, 5.74) is 1.95. The van der Waals surface area contributed by atoms with E-state index in [4.69, 9.17) is 27.9 Å². The van der Waals surface area contributed by atoms with Gasteiger partial charge in [0.05, 0.1) is 11.6 Å². The first-order chi connectivity index (χ1) is 14.2. The Hall–Kier alpha value is -2.47. The fourth-order valence-corrected chi connectivity index (χ4v) is 3.89. The molecule has 4 rings (SSSR count). The van der Waals surface area contributed by atoms with Gasteiger partial charge in [0, 0.05) is 22.0 Å². The topological polar surface area (TPSA) is 39.9 Å². The van der Waals surface area contributed by atoms with Crippen LogP contribution >= 0.6 is 35.0 Å². The van der Waals surface area contributed by atoms with Crippen molar-refractivity contribution >= 4 is 35.0 Å². The lowest BCUT2D eigenvalue weighted by Gasteiger charge is -2.11. The van der Waals surface area contributed by atoms with Crippen molar-refractivity contribution in [2.24, 2.45) is 0 Å². The molecule has 0 saturated heterocycles. The highest BCUT2D eigenvalue weighted by Crippen LogP contribution is 2.29. The third kappa shape index (κ3) is 4.75. The molecule has 0 N–H and O–H groups in total. The van der Waals surface area contributed by atoms with Crippen LogP contribution in [0.5, 0.6) is 5.75 Å². The van der Waals surface area contributed by atoms with Gasteiger partial charge in [-0.05, 0) is 48.5 Å². The summed E-state index contributed by atoms with van der Waals surface area (Å²) < 4.78 is 7.83. The molecule has 0 unspecified atom stereocenters. The summed E-state index contributed by atoms with van der Waals surface area (Å²) >= 11 is 13.8. The second-order valence-electron chi connectivity index (χ2n) is 6.11. The third-order valence-electron chi connectivity index (χ3n) is 4.16. The summed E-state index contributed by atoms with van der Waals surface area (Å²) in [6.45, 7) is 0.506. The minimum Gasteiger partial charge on any atom is -0.491 e. The molecule has 3 aromatic carbocycles. The normalized spacial score (nSPS) is 10.8. The summed E-state index contributed by atoms with van der Waals surface area (Å²) in [5, 5.41) is 10.9. The quantitative estimate of drug-likeness (QED) is 0.245. The van der Waals surface area contributed by atoms with E-state index < -0.39 is 0 Å². The van der Waals surface area contributed by atoms with Crippen molar-refractivity contribution in [1.82, 2.24) is 14.8 Å². The molecule has 0 aliphatic heterocycles. The van der Waals surface area contributed by atoms with Crippen LogP contribution in [0.2, 0.25) is 10.0 Å². The third-order valence-corrected chi connectivity index (χ3v) is 5.62. The van der Waals surface area contributed by atoms with Crippen LogP contribution in [0.4, 0.5) is 0 Å². The standard InChI is InChI=1S/C22H17Cl2N3OS/c23-17-12-10-16(11-13-17)21-25-26-22(27(21)18-6-2-1-3-7-18)29-15-14-28-20-9-5-4-8-19(20)24/h1-13H,14-15H2. The van der Waals surface area contributed by atoms with Crippen LogP contribution in [0.1, 0.15) is 0 Å². The molecule has 0 spiro atoms. The van der Waals surface area contributed by atoms with Crippen LogP contribution in [0.3, 0.4) is 0 Å². The first kappa shape index (κ1) is 19.8. The zero-order valence-corrected chi connectivity index (χ0v) is 17.7. The number of ether oxygens (including phenoxy) is 1. The zero-order valence-electron chi connectivity index (χ0n) is 15.3. The fourth-order valence-electron chi connectivity index (χ4n) is 2.81. The highest BCUT2D eigenvalue weighted by atomic mass is 35.5. The Bertz CT molecular complexity index is 1080. The molecular weight excluding hydrogens is 425 g/mol. The van der Waals surface area contributed by atoms with Crippen molar-refractivity contribution < 1.29 is 4.74 Å². The lowest BCUT2D eigenvalue weighted by molar-refractivity contribution is 0.344. The van der Waals surface area contributed by atoms with Gasteiger partial charge in [-0.1, -0.05) is 65.3 Å². The van der Waals surface area contributed by atoms with Crippen molar-refractivity contribution in [1.29, 1.82) is 0 Å². The van der Waals surface area contributed by atoms with Crippen molar-refractivity contribution in [2.75, 3.05) is 12.4 Å². The monoisotopic (exact) mass is 441 g/mol. The van der Waals surface area contributed by atoms with Crippen molar-refractivity contribution in [3.05, 3.63) is 88.9 Å². The number of halogens is 2. The Kier molecular flexibility index (Phi) is 6.39. The second-order valence-corrected chi connectivity index (χ2v) is 8.02. The van der Waals surface area contributed by atoms with Gasteiger partial charge in [0.15, 0.2) is 11.0 Å². The van der Waals surface area contributed by atoms with Gasteiger partial charge in [-0.25, -0.2) is 0 Å². The lowest BCUT2D eigenvalue weighted by Crippen LogP contribution is -2.03. The Morgan fingerprint density at radius 2 is 1.55 bits per heavy atom. The largest absolute Gasteiger partial charge is 0.491 e. The smallest absolute Gasteiger partial charge is 0.196 e. The van der Waals surface area contributed by atoms with Crippen molar-refractivity contribution in [2.45, 2.75) is 5.16 Å². The maximum Gasteiger partial charge on any atom is 0.196 e. The van der Waals surface area contributed by atoms with Crippen LogP contribution in [0.15, 0.2) is 84.0 Å². The Balaban J connectivity index is 1.55. The molecule has 146 valence electrons. The Morgan fingerprint density at radius 1 is 0.828 bits per heavy atom. The molecule has 7 heteroatoms. The van der Waals surface area contributed by atoms with Crippen molar-refractivity contribution in [3.8, 4) is 22.8 Å². The van der Waals surface area contributed by atoms with Gasteiger partial charge in [-0.15, -0.1) is 10.2 Å². The van der Waals surface area contributed by atoms with E-state index in [1.54, 1.807) is 11.8 Å². The van der Waals surface area contributed by atoms with Gasteiger partial charge >= 0.3 is 0 Å². The van der Waals surface area contributed by atoms with E-state index in [2.05, 4.69) is 10.2 Å². The van der Waals surface area contributed by atoms with E-state index in [-0.39, 0.29) is 0 Å². The molecule has 0 saturated carbocycles. The molecule has 0 radical (unpaired) electrons. The van der Waals surface area contributed by atoms with E-state index in [1.165, 1.54) is 0 Å². The first-order valence-corrected chi connectivity index (χ1v) is 10.7. The average molecular weight is 442 g/mol. The Morgan fingerprint density at radius 3 is 2.31 bits per heavy atom. The molecule has 29 heavy (non-hydrogen) atoms. The highest BCUT2D eigenvalue weighted by molar-refractivity contribution is 7.99. The van der Waals surface area contributed by atoms with Gasteiger partial charge in [-0.2, -0.15) is 0 Å². The van der Waals surface area contributed by atoms with Crippen molar-refractivity contribution in [3.63, 3.8) is 0 Å². The SMILES string of the molecule is Clc1ccc(-c2nnc(SCCOc3ccccc3Cl)n2-c2ccccc2)cc1. The van der Waals surface area contributed by atoms with Gasteiger partial charge in [-0.3, -0.25) is 4.57 Å². The number of benzene rings is 3. The summed E-state index contributed by atoms with van der Waals surface area (Å²) in [5.74, 6) is 2.15. The van der Waals surface area contributed by atoms with E-state index in [1.807, 2.05) is 83.4 Å². The average Bonchev–Trinajstić information content (AvgIpc) is 3.17. The number of nitrogens with zero attached hydrogens (tertiary/aromatic N) is 3. The maximum atomic E-state index is 6.14. The molecule has 4 nitrogen and oxygen atoms in total. The summed E-state index contributed by atoms with van der Waals surface area (Å²) in [4.78, 5) is 0. The zero-order chi connectivity index (χ0) is 20.1. The minimum atomic E-state index is 0.506. The highest BCUT2D eigenvalue weighted by Gasteiger charge is 2.16. The molecule has 4 aromatic rings. The van der Waals surface area contributed by atoms with E-state index in [0.717, 1.165) is 22.2 Å². The van der Waals surface area contributed by atoms with Crippen LogP contribution in [-0.2, 0) is 0 Å². The molecule has 0 aliphatic carbocycles. The Labute approximate surface area is 183 Å². The minimum absolute atomic E-state index is 0.506. The van der Waals surface area contributed by atoms with E-state index in [9.17, 15) is 0 Å². The summed E-state index contributed by atoms with van der Waals surface area (Å²) in [6.07, 6.45) is 0. The van der Waals surface area contributed by atoms with Crippen LogP contribution in [0.25, 0.3) is 17.1 Å². The molecule has 0 aliphatic rings.